The molecule has 0 bridgehead atoms. The normalized spacial score (nSPS) is 10.0. The Morgan fingerprint density at radius 1 is 1.46 bits per heavy atom. The molecule has 0 fully saturated rings. The van der Waals surface area contributed by atoms with Crippen LogP contribution in [0.2, 0.25) is 0 Å². The van der Waals surface area contributed by atoms with Gasteiger partial charge in [-0.3, -0.25) is 0 Å². The Morgan fingerprint density at radius 2 is 2.23 bits per heavy atom. The molecule has 0 saturated carbocycles. The molecule has 0 radical (unpaired) electrons. The van der Waals surface area contributed by atoms with Gasteiger partial charge in [0, 0.05) is 13.7 Å². The number of methoxy groups -OCH3 is 1. The highest BCUT2D eigenvalue weighted by Crippen LogP contribution is 2.18. The van der Waals surface area contributed by atoms with Crippen molar-refractivity contribution in [2.75, 3.05) is 31.3 Å². The topological polar surface area (TPSA) is 47.3 Å². The SMILES string of the molecule is COCCNc1ccc(C)cc1N. The largest absolute Gasteiger partial charge is 0.397 e. The predicted octanol–water partition coefficient (Wildman–Crippen LogP) is 1.64. The van der Waals surface area contributed by atoms with Crippen molar-refractivity contribution in [1.82, 2.24) is 0 Å². The van der Waals surface area contributed by atoms with Crippen molar-refractivity contribution in [2.45, 2.75) is 6.92 Å². The Labute approximate surface area is 78.9 Å². The molecule has 72 valence electrons. The molecule has 0 amide bonds. The lowest BCUT2D eigenvalue weighted by Gasteiger charge is -2.08. The van der Waals surface area contributed by atoms with Gasteiger partial charge in [-0.05, 0) is 24.6 Å². The van der Waals surface area contributed by atoms with Gasteiger partial charge in [-0.1, -0.05) is 6.07 Å². The van der Waals surface area contributed by atoms with E-state index in [1.54, 1.807) is 7.11 Å². The Bertz CT molecular complexity index is 274. The molecule has 3 heteroatoms. The van der Waals surface area contributed by atoms with Crippen LogP contribution in [0.3, 0.4) is 0 Å². The standard InChI is InChI=1S/C10H16N2O/c1-8-3-4-10(9(11)7-8)12-5-6-13-2/h3-4,7,12H,5-6,11H2,1-2H3. The summed E-state index contributed by atoms with van der Waals surface area (Å²) in [5.41, 5.74) is 8.74. The van der Waals surface area contributed by atoms with Gasteiger partial charge in [0.05, 0.1) is 18.0 Å². The second-order valence-corrected chi connectivity index (χ2v) is 3.01. The quantitative estimate of drug-likeness (QED) is 0.547. The molecule has 0 atom stereocenters. The van der Waals surface area contributed by atoms with Gasteiger partial charge < -0.3 is 15.8 Å². The van der Waals surface area contributed by atoms with Gasteiger partial charge in [0.1, 0.15) is 0 Å². The van der Waals surface area contributed by atoms with Gasteiger partial charge in [-0.25, -0.2) is 0 Å². The zero-order chi connectivity index (χ0) is 9.68. The van der Waals surface area contributed by atoms with Gasteiger partial charge in [0.25, 0.3) is 0 Å². The second kappa shape index (κ2) is 4.72. The molecule has 0 aliphatic rings. The Morgan fingerprint density at radius 3 is 2.85 bits per heavy atom. The maximum Gasteiger partial charge on any atom is 0.0635 e. The average molecular weight is 180 g/mol. The Hall–Kier alpha value is -1.22. The molecule has 13 heavy (non-hydrogen) atoms. The minimum absolute atomic E-state index is 0.688. The summed E-state index contributed by atoms with van der Waals surface area (Å²) in [7, 11) is 1.68. The first-order chi connectivity index (χ1) is 6.24. The summed E-state index contributed by atoms with van der Waals surface area (Å²) in [4.78, 5) is 0. The summed E-state index contributed by atoms with van der Waals surface area (Å²) in [6.45, 7) is 3.49. The molecule has 0 spiro atoms. The van der Waals surface area contributed by atoms with Crippen LogP contribution in [0.25, 0.3) is 0 Å². The van der Waals surface area contributed by atoms with Crippen LogP contribution in [0.15, 0.2) is 18.2 Å². The van der Waals surface area contributed by atoms with Crippen molar-refractivity contribution in [3.63, 3.8) is 0 Å². The van der Waals surface area contributed by atoms with E-state index in [0.29, 0.717) is 6.61 Å². The molecular weight excluding hydrogens is 164 g/mol. The van der Waals surface area contributed by atoms with Crippen LogP contribution >= 0.6 is 0 Å². The van der Waals surface area contributed by atoms with Crippen LogP contribution in [0, 0.1) is 6.92 Å². The molecule has 0 aliphatic heterocycles. The summed E-state index contributed by atoms with van der Waals surface area (Å²) < 4.78 is 4.92. The highest BCUT2D eigenvalue weighted by molar-refractivity contribution is 5.66. The van der Waals surface area contributed by atoms with Crippen molar-refractivity contribution >= 4 is 11.4 Å². The fourth-order valence-corrected chi connectivity index (χ4v) is 1.13. The van der Waals surface area contributed by atoms with Gasteiger partial charge >= 0.3 is 0 Å². The lowest BCUT2D eigenvalue weighted by Crippen LogP contribution is -2.09. The zero-order valence-electron chi connectivity index (χ0n) is 8.13. The van der Waals surface area contributed by atoms with Crippen molar-refractivity contribution in [3.8, 4) is 0 Å². The van der Waals surface area contributed by atoms with E-state index in [9.17, 15) is 0 Å². The van der Waals surface area contributed by atoms with E-state index in [4.69, 9.17) is 10.5 Å². The maximum atomic E-state index is 5.80. The number of ether oxygens (including phenoxy) is 1. The molecule has 3 N–H and O–H groups in total. The second-order valence-electron chi connectivity index (χ2n) is 3.01. The lowest BCUT2D eigenvalue weighted by atomic mass is 10.2. The van der Waals surface area contributed by atoms with Crippen LogP contribution in [-0.4, -0.2) is 20.3 Å². The minimum Gasteiger partial charge on any atom is -0.397 e. The number of hydrogen-bond acceptors (Lipinski definition) is 3. The number of nitrogens with one attached hydrogen (secondary N) is 1. The Kier molecular flexibility index (Phi) is 3.58. The van der Waals surface area contributed by atoms with Crippen molar-refractivity contribution < 1.29 is 4.74 Å². The predicted molar refractivity (Wildman–Crippen MR) is 56.0 cm³/mol. The lowest BCUT2D eigenvalue weighted by molar-refractivity contribution is 0.211. The van der Waals surface area contributed by atoms with E-state index in [2.05, 4.69) is 5.32 Å². The number of benzene rings is 1. The number of aryl methyl sites for hydroxylation is 1. The molecular formula is C10H16N2O. The number of nitrogens with two attached hydrogens (primary N) is 1. The Balaban J connectivity index is 2.56. The van der Waals surface area contributed by atoms with Crippen LogP contribution < -0.4 is 11.1 Å². The summed E-state index contributed by atoms with van der Waals surface area (Å²) >= 11 is 0. The van der Waals surface area contributed by atoms with Crippen LogP contribution in [0.5, 0.6) is 0 Å². The van der Waals surface area contributed by atoms with Gasteiger partial charge in [0.15, 0.2) is 0 Å². The summed E-state index contributed by atoms with van der Waals surface area (Å²) in [6.07, 6.45) is 0. The smallest absolute Gasteiger partial charge is 0.0635 e. The van der Waals surface area contributed by atoms with Crippen molar-refractivity contribution in [2.24, 2.45) is 0 Å². The van der Waals surface area contributed by atoms with Gasteiger partial charge in [-0.2, -0.15) is 0 Å². The summed E-state index contributed by atoms with van der Waals surface area (Å²) in [5.74, 6) is 0. The summed E-state index contributed by atoms with van der Waals surface area (Å²) in [6, 6.07) is 5.97. The molecule has 3 nitrogen and oxygen atoms in total. The number of rotatable bonds is 4. The molecule has 0 aromatic heterocycles. The van der Waals surface area contributed by atoms with Crippen LogP contribution in [-0.2, 0) is 4.74 Å². The van der Waals surface area contributed by atoms with Crippen LogP contribution in [0.1, 0.15) is 5.56 Å². The minimum atomic E-state index is 0.688. The van der Waals surface area contributed by atoms with Gasteiger partial charge in [-0.15, -0.1) is 0 Å². The average Bonchev–Trinajstić information content (AvgIpc) is 2.09. The van der Waals surface area contributed by atoms with E-state index in [0.717, 1.165) is 17.9 Å². The fraction of sp³-hybridized carbons (Fsp3) is 0.400. The number of nitrogen functional groups attached to an aromatic ring is 1. The summed E-state index contributed by atoms with van der Waals surface area (Å²) in [5, 5.41) is 3.19. The third kappa shape index (κ3) is 2.95. The van der Waals surface area contributed by atoms with E-state index in [1.807, 2.05) is 25.1 Å². The maximum absolute atomic E-state index is 5.80. The van der Waals surface area contributed by atoms with Gasteiger partial charge in [0.2, 0.25) is 0 Å². The van der Waals surface area contributed by atoms with Crippen molar-refractivity contribution in [1.29, 1.82) is 0 Å². The molecule has 0 heterocycles. The zero-order valence-corrected chi connectivity index (χ0v) is 8.13. The fourth-order valence-electron chi connectivity index (χ4n) is 1.13. The molecule has 1 rings (SSSR count). The third-order valence-corrected chi connectivity index (χ3v) is 1.83. The van der Waals surface area contributed by atoms with E-state index < -0.39 is 0 Å². The monoisotopic (exact) mass is 180 g/mol. The molecule has 0 saturated heterocycles. The molecule has 1 aromatic carbocycles. The van der Waals surface area contributed by atoms with E-state index in [-0.39, 0.29) is 0 Å². The molecule has 0 aliphatic carbocycles. The molecule has 1 aromatic rings. The van der Waals surface area contributed by atoms with Crippen LogP contribution in [0.4, 0.5) is 11.4 Å². The third-order valence-electron chi connectivity index (χ3n) is 1.83. The number of anilines is 2. The first-order valence-corrected chi connectivity index (χ1v) is 4.33. The van der Waals surface area contributed by atoms with Crippen molar-refractivity contribution in [3.05, 3.63) is 23.8 Å². The molecule has 0 unspecified atom stereocenters. The first kappa shape index (κ1) is 9.86. The number of hydrogen-bond donors (Lipinski definition) is 2. The highest BCUT2D eigenvalue weighted by Gasteiger charge is 1.96. The van der Waals surface area contributed by atoms with E-state index in [1.165, 1.54) is 5.56 Å². The van der Waals surface area contributed by atoms with E-state index >= 15 is 0 Å². The highest BCUT2D eigenvalue weighted by atomic mass is 16.5. The first-order valence-electron chi connectivity index (χ1n) is 4.33.